The van der Waals surface area contributed by atoms with E-state index >= 15 is 0 Å². The topological polar surface area (TPSA) is 66.4 Å². The zero-order valence-corrected chi connectivity index (χ0v) is 10.9. The largest absolute Gasteiger partial charge is 0.480 e. The first-order chi connectivity index (χ1) is 8.51. The highest BCUT2D eigenvalue weighted by molar-refractivity contribution is 5.83. The molecular weight excluding hydrogens is 263 g/mol. The number of nitrogens with one attached hydrogen (secondary N) is 1. The monoisotopic (exact) mass is 281 g/mol. The first-order valence-corrected chi connectivity index (χ1v) is 5.71. The summed E-state index contributed by atoms with van der Waals surface area (Å²) in [5, 5.41) is 10.9. The summed E-state index contributed by atoms with van der Waals surface area (Å²) in [6, 6.07) is -1.20. The second-order valence-electron chi connectivity index (χ2n) is 4.88. The van der Waals surface area contributed by atoms with Crippen molar-refractivity contribution in [1.82, 2.24) is 5.32 Å². The van der Waals surface area contributed by atoms with Gasteiger partial charge in [0.2, 0.25) is 5.91 Å². The molecule has 0 aliphatic carbocycles. The van der Waals surface area contributed by atoms with Crippen molar-refractivity contribution in [2.24, 2.45) is 5.41 Å². The van der Waals surface area contributed by atoms with Crippen molar-refractivity contribution in [3.8, 4) is 0 Å². The van der Waals surface area contributed by atoms with Gasteiger partial charge in [-0.2, -0.15) is 13.2 Å². The maximum Gasteiger partial charge on any atom is 0.394 e. The van der Waals surface area contributed by atoms with Crippen molar-refractivity contribution >= 4 is 11.9 Å². The lowest BCUT2D eigenvalue weighted by Crippen LogP contribution is -2.44. The lowest BCUT2D eigenvalue weighted by atomic mass is 9.88. The van der Waals surface area contributed by atoms with E-state index in [0.29, 0.717) is 6.42 Å². The standard InChI is InChI=1S/C12H18F3NO3/c1-4-5-6-8(10(18)19)16-9(17)7-11(2,3)12(13,14)15/h4,8H,1,5-7H2,2-3H3,(H,16,17)(H,18,19). The van der Waals surface area contributed by atoms with Crippen LogP contribution in [-0.2, 0) is 9.59 Å². The van der Waals surface area contributed by atoms with Gasteiger partial charge in [-0.1, -0.05) is 19.9 Å². The Hall–Kier alpha value is -1.53. The van der Waals surface area contributed by atoms with Gasteiger partial charge in [0.05, 0.1) is 5.41 Å². The van der Waals surface area contributed by atoms with Crippen LogP contribution in [0, 0.1) is 5.41 Å². The fraction of sp³-hybridized carbons (Fsp3) is 0.667. The van der Waals surface area contributed by atoms with Crippen LogP contribution in [-0.4, -0.2) is 29.2 Å². The normalized spacial score (nSPS) is 13.7. The molecule has 0 aromatic heterocycles. The maximum atomic E-state index is 12.6. The van der Waals surface area contributed by atoms with Crippen molar-refractivity contribution in [3.63, 3.8) is 0 Å². The highest BCUT2D eigenvalue weighted by Crippen LogP contribution is 2.40. The third-order valence-corrected chi connectivity index (χ3v) is 2.66. The molecule has 0 rings (SSSR count). The van der Waals surface area contributed by atoms with E-state index in [0.717, 1.165) is 13.8 Å². The summed E-state index contributed by atoms with van der Waals surface area (Å²) in [7, 11) is 0. The fourth-order valence-electron chi connectivity index (χ4n) is 1.29. The summed E-state index contributed by atoms with van der Waals surface area (Å²) in [4.78, 5) is 22.3. The van der Waals surface area contributed by atoms with Gasteiger partial charge in [-0.15, -0.1) is 6.58 Å². The van der Waals surface area contributed by atoms with Crippen molar-refractivity contribution < 1.29 is 27.9 Å². The molecule has 1 unspecified atom stereocenters. The van der Waals surface area contributed by atoms with Crippen LogP contribution < -0.4 is 5.32 Å². The highest BCUT2D eigenvalue weighted by atomic mass is 19.4. The van der Waals surface area contributed by atoms with Crippen molar-refractivity contribution in [1.29, 1.82) is 0 Å². The number of amides is 1. The molecule has 0 aromatic rings. The number of aliphatic carboxylic acids is 1. The smallest absolute Gasteiger partial charge is 0.394 e. The van der Waals surface area contributed by atoms with Crippen molar-refractivity contribution in [2.45, 2.75) is 45.3 Å². The van der Waals surface area contributed by atoms with E-state index in [4.69, 9.17) is 5.11 Å². The molecule has 0 fully saturated rings. The van der Waals surface area contributed by atoms with E-state index in [1.54, 1.807) is 0 Å². The molecule has 110 valence electrons. The Bertz CT molecular complexity index is 351. The van der Waals surface area contributed by atoms with Crippen molar-refractivity contribution in [2.75, 3.05) is 0 Å². The summed E-state index contributed by atoms with van der Waals surface area (Å²) < 4.78 is 37.7. The van der Waals surface area contributed by atoms with E-state index in [-0.39, 0.29) is 6.42 Å². The molecule has 0 saturated heterocycles. The Morgan fingerprint density at radius 3 is 2.26 bits per heavy atom. The number of alkyl halides is 3. The van der Waals surface area contributed by atoms with Gasteiger partial charge in [-0.05, 0) is 12.8 Å². The number of allylic oxidation sites excluding steroid dienone is 1. The van der Waals surface area contributed by atoms with Crippen LogP contribution in [0.25, 0.3) is 0 Å². The number of carbonyl (C=O) groups is 2. The predicted octanol–water partition coefficient (Wildman–Crippen LogP) is 2.50. The molecule has 19 heavy (non-hydrogen) atoms. The molecule has 0 aliphatic rings. The molecule has 0 spiro atoms. The number of carboxylic acid groups (broad SMARTS) is 1. The lowest BCUT2D eigenvalue weighted by Gasteiger charge is -2.27. The Morgan fingerprint density at radius 2 is 1.89 bits per heavy atom. The molecule has 0 heterocycles. The molecule has 4 nitrogen and oxygen atoms in total. The van der Waals surface area contributed by atoms with Crippen LogP contribution in [0.5, 0.6) is 0 Å². The Kier molecular flexibility index (Phi) is 6.05. The second kappa shape index (κ2) is 6.58. The molecule has 0 radical (unpaired) electrons. The minimum atomic E-state index is -4.52. The number of carboxylic acids is 1. The average molecular weight is 281 g/mol. The van der Waals surface area contributed by atoms with E-state index < -0.39 is 35.9 Å². The van der Waals surface area contributed by atoms with Gasteiger partial charge < -0.3 is 10.4 Å². The highest BCUT2D eigenvalue weighted by Gasteiger charge is 2.48. The van der Waals surface area contributed by atoms with Crippen LogP contribution in [0.4, 0.5) is 13.2 Å². The van der Waals surface area contributed by atoms with E-state index in [1.165, 1.54) is 6.08 Å². The molecule has 0 saturated carbocycles. The predicted molar refractivity (Wildman–Crippen MR) is 63.5 cm³/mol. The number of carbonyl (C=O) groups excluding carboxylic acids is 1. The minimum absolute atomic E-state index is 0.0943. The molecule has 1 amide bonds. The van der Waals surface area contributed by atoms with Crippen LogP contribution in [0.2, 0.25) is 0 Å². The number of hydrogen-bond donors (Lipinski definition) is 2. The fourth-order valence-corrected chi connectivity index (χ4v) is 1.29. The SMILES string of the molecule is C=CCCC(NC(=O)CC(C)(C)C(F)(F)F)C(=O)O. The van der Waals surface area contributed by atoms with Crippen molar-refractivity contribution in [3.05, 3.63) is 12.7 Å². The molecule has 0 bridgehead atoms. The molecule has 7 heteroatoms. The van der Waals surface area contributed by atoms with Gasteiger partial charge in [0.25, 0.3) is 0 Å². The van der Waals surface area contributed by atoms with Crippen LogP contribution in [0.15, 0.2) is 12.7 Å². The number of rotatable bonds is 7. The zero-order chi connectivity index (χ0) is 15.3. The Labute approximate surface area is 109 Å². The van der Waals surface area contributed by atoms with Crippen LogP contribution >= 0.6 is 0 Å². The van der Waals surface area contributed by atoms with Gasteiger partial charge >= 0.3 is 12.1 Å². The minimum Gasteiger partial charge on any atom is -0.480 e. The molecular formula is C12H18F3NO3. The van der Waals surface area contributed by atoms with E-state index in [2.05, 4.69) is 11.9 Å². The molecule has 0 aromatic carbocycles. The average Bonchev–Trinajstić information content (AvgIpc) is 2.21. The zero-order valence-electron chi connectivity index (χ0n) is 10.9. The first-order valence-electron chi connectivity index (χ1n) is 5.71. The summed E-state index contributed by atoms with van der Waals surface area (Å²) in [5.74, 6) is -2.21. The third-order valence-electron chi connectivity index (χ3n) is 2.66. The molecule has 0 aliphatic heterocycles. The summed E-state index contributed by atoms with van der Waals surface area (Å²) in [6.45, 7) is 5.20. The Morgan fingerprint density at radius 1 is 1.37 bits per heavy atom. The van der Waals surface area contributed by atoms with Crippen LogP contribution in [0.3, 0.4) is 0 Å². The van der Waals surface area contributed by atoms with Gasteiger partial charge in [-0.25, -0.2) is 4.79 Å². The number of halogens is 3. The molecule has 2 N–H and O–H groups in total. The third kappa shape index (κ3) is 5.76. The summed E-state index contributed by atoms with van der Waals surface area (Å²) >= 11 is 0. The van der Waals surface area contributed by atoms with Gasteiger partial charge in [0.1, 0.15) is 6.04 Å². The lowest BCUT2D eigenvalue weighted by molar-refractivity contribution is -0.213. The summed E-state index contributed by atoms with van der Waals surface area (Å²) in [5.41, 5.74) is -2.20. The maximum absolute atomic E-state index is 12.6. The summed E-state index contributed by atoms with van der Waals surface area (Å²) in [6.07, 6.45) is -3.42. The number of hydrogen-bond acceptors (Lipinski definition) is 2. The van der Waals surface area contributed by atoms with E-state index in [9.17, 15) is 22.8 Å². The van der Waals surface area contributed by atoms with Crippen LogP contribution in [0.1, 0.15) is 33.1 Å². The first kappa shape index (κ1) is 17.5. The second-order valence-corrected chi connectivity index (χ2v) is 4.88. The van der Waals surface area contributed by atoms with Gasteiger partial charge in [0.15, 0.2) is 0 Å². The van der Waals surface area contributed by atoms with E-state index in [1.807, 2.05) is 0 Å². The Balaban J connectivity index is 4.58. The van der Waals surface area contributed by atoms with Gasteiger partial charge in [-0.3, -0.25) is 4.79 Å². The molecule has 1 atom stereocenters. The quantitative estimate of drug-likeness (QED) is 0.705. The van der Waals surface area contributed by atoms with Gasteiger partial charge in [0, 0.05) is 6.42 Å².